The van der Waals surface area contributed by atoms with Gasteiger partial charge >= 0.3 is 5.97 Å². The normalized spacial score (nSPS) is 17.8. The zero-order chi connectivity index (χ0) is 13.7. The zero-order valence-electron chi connectivity index (χ0n) is 10.9. The molecule has 1 fully saturated rings. The van der Waals surface area contributed by atoms with Crippen molar-refractivity contribution in [1.29, 1.82) is 0 Å². The lowest BCUT2D eigenvalue weighted by Crippen LogP contribution is -2.50. The Bertz CT molecular complexity index is 447. The Morgan fingerprint density at radius 2 is 2.11 bits per heavy atom. The van der Waals surface area contributed by atoms with Crippen molar-refractivity contribution in [3.8, 4) is 0 Å². The van der Waals surface area contributed by atoms with Crippen molar-refractivity contribution >= 4 is 23.4 Å². The van der Waals surface area contributed by atoms with E-state index in [0.29, 0.717) is 25.1 Å². The van der Waals surface area contributed by atoms with Crippen LogP contribution in [-0.4, -0.2) is 29.6 Å². The van der Waals surface area contributed by atoms with E-state index in [4.69, 9.17) is 4.74 Å². The zero-order valence-corrected chi connectivity index (χ0v) is 11.8. The van der Waals surface area contributed by atoms with Gasteiger partial charge in [-0.2, -0.15) is 11.8 Å². The van der Waals surface area contributed by atoms with E-state index >= 15 is 0 Å². The third-order valence-corrected chi connectivity index (χ3v) is 4.25. The van der Waals surface area contributed by atoms with Crippen molar-refractivity contribution in [2.24, 2.45) is 0 Å². The van der Waals surface area contributed by atoms with Crippen molar-refractivity contribution in [2.75, 3.05) is 23.4 Å². The number of esters is 1. The molecule has 0 amide bonds. The van der Waals surface area contributed by atoms with Crippen molar-refractivity contribution in [3.63, 3.8) is 0 Å². The average Bonchev–Trinajstić information content (AvgIpc) is 2.43. The number of thioether (sulfide) groups is 1. The number of carbonyl (C=O) groups excluding carboxylic acids is 1. The van der Waals surface area contributed by atoms with Crippen molar-refractivity contribution in [3.05, 3.63) is 30.1 Å². The smallest absolute Gasteiger partial charge is 0.331 e. The number of anilines is 1. The summed E-state index contributed by atoms with van der Waals surface area (Å²) in [6.07, 6.45) is 1.32. The van der Waals surface area contributed by atoms with Gasteiger partial charge in [-0.15, -0.1) is 0 Å². The Balaban J connectivity index is 2.23. The Hall–Kier alpha value is -1.23. The van der Waals surface area contributed by atoms with Crippen LogP contribution < -0.4 is 5.32 Å². The van der Waals surface area contributed by atoms with Crippen molar-refractivity contribution in [1.82, 2.24) is 0 Å². The van der Waals surface area contributed by atoms with Crippen LogP contribution in [0.2, 0.25) is 0 Å². The summed E-state index contributed by atoms with van der Waals surface area (Å²) in [5.41, 5.74) is -0.425. The van der Waals surface area contributed by atoms with Gasteiger partial charge in [0.2, 0.25) is 0 Å². The largest absolute Gasteiger partial charge is 0.464 e. The lowest BCUT2D eigenvalue weighted by Gasteiger charge is -2.36. The maximum atomic E-state index is 13.7. The van der Waals surface area contributed by atoms with Crippen molar-refractivity contribution < 1.29 is 13.9 Å². The highest BCUT2D eigenvalue weighted by Gasteiger charge is 2.41. The third-order valence-electron chi connectivity index (χ3n) is 3.26. The van der Waals surface area contributed by atoms with Gasteiger partial charge in [-0.05, 0) is 43.4 Å². The molecule has 1 aliphatic rings. The van der Waals surface area contributed by atoms with Crippen LogP contribution in [0.5, 0.6) is 0 Å². The van der Waals surface area contributed by atoms with E-state index in [-0.39, 0.29) is 11.8 Å². The van der Waals surface area contributed by atoms with Gasteiger partial charge in [-0.1, -0.05) is 12.1 Å². The SMILES string of the molecule is CCOC(=O)C1(Nc2ccccc2F)CCSCC1. The van der Waals surface area contributed by atoms with E-state index in [9.17, 15) is 9.18 Å². The molecule has 3 nitrogen and oxygen atoms in total. The predicted octanol–water partition coefficient (Wildman–Crippen LogP) is 3.07. The summed E-state index contributed by atoms with van der Waals surface area (Å²) in [5.74, 6) is 1.13. The Morgan fingerprint density at radius 3 is 2.74 bits per heavy atom. The first-order valence-corrected chi connectivity index (χ1v) is 7.61. The standard InChI is InChI=1S/C14H18FNO2S/c1-2-18-13(17)14(7-9-19-10-8-14)16-12-6-4-3-5-11(12)15/h3-6,16H,2,7-10H2,1H3. The summed E-state index contributed by atoms with van der Waals surface area (Å²) in [7, 11) is 0. The summed E-state index contributed by atoms with van der Waals surface area (Å²) in [5, 5.41) is 3.08. The molecule has 1 heterocycles. The lowest BCUT2D eigenvalue weighted by molar-refractivity contribution is -0.148. The second kappa shape index (κ2) is 6.28. The predicted molar refractivity (Wildman–Crippen MR) is 75.9 cm³/mol. The average molecular weight is 283 g/mol. The molecule has 2 rings (SSSR count). The first-order chi connectivity index (χ1) is 9.18. The molecule has 0 saturated carbocycles. The van der Waals surface area contributed by atoms with Crippen molar-refractivity contribution in [2.45, 2.75) is 25.3 Å². The minimum Gasteiger partial charge on any atom is -0.464 e. The molecule has 1 aromatic rings. The van der Waals surface area contributed by atoms with E-state index in [0.717, 1.165) is 11.5 Å². The third kappa shape index (κ3) is 3.21. The molecule has 1 aromatic carbocycles. The molecule has 104 valence electrons. The summed E-state index contributed by atoms with van der Waals surface area (Å²) in [6.45, 7) is 2.12. The topological polar surface area (TPSA) is 38.3 Å². The van der Waals surface area contributed by atoms with Gasteiger partial charge in [-0.3, -0.25) is 0 Å². The van der Waals surface area contributed by atoms with Crippen LogP contribution in [-0.2, 0) is 9.53 Å². The highest BCUT2D eigenvalue weighted by atomic mass is 32.2. The number of rotatable bonds is 4. The van der Waals surface area contributed by atoms with Crippen LogP contribution in [0.15, 0.2) is 24.3 Å². The molecular formula is C14H18FNO2S. The molecule has 19 heavy (non-hydrogen) atoms. The fourth-order valence-corrected chi connectivity index (χ4v) is 3.38. The molecule has 0 bridgehead atoms. The maximum Gasteiger partial charge on any atom is 0.331 e. The van der Waals surface area contributed by atoms with E-state index < -0.39 is 5.54 Å². The van der Waals surface area contributed by atoms with Gasteiger partial charge in [0.1, 0.15) is 11.4 Å². The minimum atomic E-state index is -0.788. The number of benzene rings is 1. The van der Waals surface area contributed by atoms with E-state index in [1.54, 1.807) is 36.9 Å². The number of hydrogen-bond acceptors (Lipinski definition) is 4. The molecule has 1 aliphatic heterocycles. The Morgan fingerprint density at radius 1 is 1.42 bits per heavy atom. The van der Waals surface area contributed by atoms with E-state index in [2.05, 4.69) is 5.32 Å². The molecule has 0 spiro atoms. The molecule has 0 unspecified atom stereocenters. The highest BCUT2D eigenvalue weighted by Crippen LogP contribution is 2.32. The van der Waals surface area contributed by atoms with Gasteiger partial charge < -0.3 is 10.1 Å². The molecule has 0 aromatic heterocycles. The Labute approximate surface area is 116 Å². The summed E-state index contributed by atoms with van der Waals surface area (Å²) in [4.78, 5) is 12.2. The number of hydrogen-bond donors (Lipinski definition) is 1. The number of para-hydroxylation sites is 1. The van der Waals surface area contributed by atoms with Crippen LogP contribution in [0.4, 0.5) is 10.1 Å². The van der Waals surface area contributed by atoms with Crippen LogP contribution in [0, 0.1) is 5.82 Å². The maximum absolute atomic E-state index is 13.7. The summed E-state index contributed by atoms with van der Waals surface area (Å²) in [6, 6.07) is 6.42. The quantitative estimate of drug-likeness (QED) is 0.862. The van der Waals surface area contributed by atoms with Gasteiger partial charge in [0.25, 0.3) is 0 Å². The molecule has 0 atom stereocenters. The molecule has 1 N–H and O–H groups in total. The minimum absolute atomic E-state index is 0.279. The van der Waals surface area contributed by atoms with Gasteiger partial charge in [0.05, 0.1) is 12.3 Å². The lowest BCUT2D eigenvalue weighted by atomic mass is 9.91. The first kappa shape index (κ1) is 14.2. The second-order valence-corrected chi connectivity index (χ2v) is 5.74. The number of halogens is 1. The van der Waals surface area contributed by atoms with Crippen LogP contribution in [0.1, 0.15) is 19.8 Å². The summed E-state index contributed by atoms with van der Waals surface area (Å²) >= 11 is 1.81. The van der Waals surface area contributed by atoms with E-state index in [1.165, 1.54) is 6.07 Å². The molecule has 1 saturated heterocycles. The first-order valence-electron chi connectivity index (χ1n) is 6.45. The van der Waals surface area contributed by atoms with Crippen LogP contribution in [0.25, 0.3) is 0 Å². The van der Waals surface area contributed by atoms with Crippen LogP contribution in [0.3, 0.4) is 0 Å². The second-order valence-electron chi connectivity index (χ2n) is 4.52. The fourth-order valence-electron chi connectivity index (χ4n) is 2.19. The number of ether oxygens (including phenoxy) is 1. The molecule has 0 aliphatic carbocycles. The van der Waals surface area contributed by atoms with Gasteiger partial charge in [0.15, 0.2) is 0 Å². The van der Waals surface area contributed by atoms with E-state index in [1.807, 2.05) is 0 Å². The van der Waals surface area contributed by atoms with Crippen LogP contribution >= 0.6 is 11.8 Å². The monoisotopic (exact) mass is 283 g/mol. The Kier molecular flexibility index (Phi) is 4.69. The van der Waals surface area contributed by atoms with Gasteiger partial charge in [-0.25, -0.2) is 9.18 Å². The van der Waals surface area contributed by atoms with Gasteiger partial charge in [0, 0.05) is 0 Å². The number of carbonyl (C=O) groups is 1. The fraction of sp³-hybridized carbons (Fsp3) is 0.500. The summed E-state index contributed by atoms with van der Waals surface area (Å²) < 4.78 is 18.9. The molecule has 0 radical (unpaired) electrons. The highest BCUT2D eigenvalue weighted by molar-refractivity contribution is 7.99. The molecular weight excluding hydrogens is 265 g/mol. The molecule has 5 heteroatoms. The number of nitrogens with one attached hydrogen (secondary N) is 1.